The minimum Gasteiger partial charge on any atom is -0.497 e. The number of methoxy groups -OCH3 is 2. The summed E-state index contributed by atoms with van der Waals surface area (Å²) in [6, 6.07) is 3.83. The van der Waals surface area contributed by atoms with E-state index in [9.17, 15) is 0 Å². The molecule has 0 atom stereocenters. The molecule has 0 spiro atoms. The molecule has 102 valence electrons. The molecule has 0 bridgehead atoms. The first-order valence-electron chi connectivity index (χ1n) is 6.09. The summed E-state index contributed by atoms with van der Waals surface area (Å²) >= 11 is 0. The molecule has 0 unspecified atom stereocenters. The van der Waals surface area contributed by atoms with E-state index in [1.54, 1.807) is 14.2 Å². The third-order valence-corrected chi connectivity index (χ3v) is 3.09. The van der Waals surface area contributed by atoms with Crippen molar-refractivity contribution in [1.29, 1.82) is 0 Å². The lowest BCUT2D eigenvalue weighted by Gasteiger charge is -2.12. The van der Waals surface area contributed by atoms with E-state index in [1.807, 2.05) is 26.0 Å². The molecule has 3 N–H and O–H groups in total. The minimum absolute atomic E-state index is 0.387. The van der Waals surface area contributed by atoms with Crippen LogP contribution in [0.1, 0.15) is 17.1 Å². The molecule has 1 heterocycles. The molecule has 5 nitrogen and oxygen atoms in total. The normalized spacial score (nSPS) is 10.6. The molecule has 2 rings (SSSR count). The van der Waals surface area contributed by atoms with Gasteiger partial charge >= 0.3 is 0 Å². The molecule has 0 amide bonds. The summed E-state index contributed by atoms with van der Waals surface area (Å²) in [6.07, 6.45) is 0. The summed E-state index contributed by atoms with van der Waals surface area (Å²) in [7, 11) is 3.28. The number of hydrogen-bond acceptors (Lipinski definition) is 4. The maximum atomic E-state index is 5.62. The van der Waals surface area contributed by atoms with E-state index in [0.29, 0.717) is 6.54 Å². The Morgan fingerprint density at radius 3 is 2.47 bits per heavy atom. The fraction of sp³-hybridized carbons (Fsp3) is 0.357. The Morgan fingerprint density at radius 2 is 1.95 bits per heavy atom. The number of rotatable bonds is 4. The van der Waals surface area contributed by atoms with Crippen LogP contribution in [0, 0.1) is 13.8 Å². The Labute approximate surface area is 112 Å². The van der Waals surface area contributed by atoms with E-state index < -0.39 is 0 Å². The molecule has 5 heteroatoms. The van der Waals surface area contributed by atoms with Crippen molar-refractivity contribution in [1.82, 2.24) is 9.97 Å². The monoisotopic (exact) mass is 261 g/mol. The van der Waals surface area contributed by atoms with E-state index in [4.69, 9.17) is 15.2 Å². The summed E-state index contributed by atoms with van der Waals surface area (Å²) in [6.45, 7) is 4.37. The Hall–Kier alpha value is -2.01. The van der Waals surface area contributed by atoms with Crippen LogP contribution in [0.3, 0.4) is 0 Å². The van der Waals surface area contributed by atoms with Crippen molar-refractivity contribution in [2.75, 3.05) is 14.2 Å². The van der Waals surface area contributed by atoms with Crippen LogP contribution >= 0.6 is 0 Å². The van der Waals surface area contributed by atoms with Gasteiger partial charge in [0.2, 0.25) is 0 Å². The number of imidazole rings is 1. The number of benzene rings is 1. The molecule has 19 heavy (non-hydrogen) atoms. The molecule has 1 aromatic carbocycles. The molecule has 1 aromatic heterocycles. The van der Waals surface area contributed by atoms with Crippen molar-refractivity contribution in [3.8, 4) is 22.8 Å². The lowest BCUT2D eigenvalue weighted by atomic mass is 10.0. The Kier molecular flexibility index (Phi) is 3.76. The van der Waals surface area contributed by atoms with Crippen molar-refractivity contribution in [3.63, 3.8) is 0 Å². The number of aromatic amines is 1. The van der Waals surface area contributed by atoms with Crippen molar-refractivity contribution >= 4 is 0 Å². The van der Waals surface area contributed by atoms with E-state index in [1.165, 1.54) is 0 Å². The van der Waals surface area contributed by atoms with Gasteiger partial charge in [-0.2, -0.15) is 0 Å². The molecule has 0 radical (unpaired) electrons. The van der Waals surface area contributed by atoms with E-state index >= 15 is 0 Å². The molecular formula is C14H19N3O2. The fourth-order valence-corrected chi connectivity index (χ4v) is 2.17. The highest BCUT2D eigenvalue weighted by molar-refractivity contribution is 5.74. The number of aryl methyl sites for hydroxylation is 2. The van der Waals surface area contributed by atoms with Gasteiger partial charge in [-0.05, 0) is 25.5 Å². The molecule has 2 aromatic rings. The Balaban J connectivity index is 2.63. The van der Waals surface area contributed by atoms with Crippen LogP contribution in [-0.2, 0) is 6.54 Å². The van der Waals surface area contributed by atoms with Gasteiger partial charge in [0, 0.05) is 17.3 Å². The highest BCUT2D eigenvalue weighted by Crippen LogP contribution is 2.37. The topological polar surface area (TPSA) is 73.2 Å². The van der Waals surface area contributed by atoms with Gasteiger partial charge in [0.25, 0.3) is 0 Å². The largest absolute Gasteiger partial charge is 0.497 e. The van der Waals surface area contributed by atoms with Gasteiger partial charge < -0.3 is 20.2 Å². The standard InChI is InChI=1S/C14H19N3O2/c1-8-5-10(18-3)6-11(19-4)13(8)14-9(2)16-12(7-15)17-14/h5-6H,7,15H2,1-4H3,(H,16,17). The van der Waals surface area contributed by atoms with E-state index in [-0.39, 0.29) is 0 Å². The second-order valence-electron chi connectivity index (χ2n) is 4.38. The second kappa shape index (κ2) is 5.32. The van der Waals surface area contributed by atoms with E-state index in [0.717, 1.165) is 39.8 Å². The first-order chi connectivity index (χ1) is 9.10. The van der Waals surface area contributed by atoms with Crippen molar-refractivity contribution in [2.24, 2.45) is 5.73 Å². The van der Waals surface area contributed by atoms with Gasteiger partial charge in [0.1, 0.15) is 17.3 Å². The summed E-state index contributed by atoms with van der Waals surface area (Å²) in [5.41, 5.74) is 9.49. The molecule has 0 saturated carbocycles. The quantitative estimate of drug-likeness (QED) is 0.884. The summed E-state index contributed by atoms with van der Waals surface area (Å²) in [4.78, 5) is 7.70. The van der Waals surface area contributed by atoms with Crippen LogP contribution in [0.25, 0.3) is 11.3 Å². The third-order valence-electron chi connectivity index (χ3n) is 3.09. The van der Waals surface area contributed by atoms with Gasteiger partial charge in [-0.3, -0.25) is 0 Å². The van der Waals surface area contributed by atoms with Crippen molar-refractivity contribution < 1.29 is 9.47 Å². The summed E-state index contributed by atoms with van der Waals surface area (Å²) in [5, 5.41) is 0. The summed E-state index contributed by atoms with van der Waals surface area (Å²) < 4.78 is 10.7. The molecule has 0 aliphatic heterocycles. The maximum absolute atomic E-state index is 5.62. The molecule has 0 fully saturated rings. The number of nitrogens with two attached hydrogens (primary N) is 1. The zero-order valence-electron chi connectivity index (χ0n) is 11.7. The van der Waals surface area contributed by atoms with E-state index in [2.05, 4.69) is 9.97 Å². The zero-order valence-corrected chi connectivity index (χ0v) is 11.7. The van der Waals surface area contributed by atoms with Crippen molar-refractivity contribution in [2.45, 2.75) is 20.4 Å². The van der Waals surface area contributed by atoms with Crippen LogP contribution in [-0.4, -0.2) is 24.2 Å². The average molecular weight is 261 g/mol. The van der Waals surface area contributed by atoms with Crippen LogP contribution in [0.2, 0.25) is 0 Å². The van der Waals surface area contributed by atoms with Gasteiger partial charge in [-0.15, -0.1) is 0 Å². The Bertz CT molecular complexity index is 591. The van der Waals surface area contributed by atoms with Gasteiger partial charge in [0.05, 0.1) is 26.5 Å². The van der Waals surface area contributed by atoms with Gasteiger partial charge in [-0.1, -0.05) is 0 Å². The molecule has 0 saturated heterocycles. The first-order valence-corrected chi connectivity index (χ1v) is 6.09. The Morgan fingerprint density at radius 1 is 1.21 bits per heavy atom. The first kappa shape index (κ1) is 13.4. The third kappa shape index (κ3) is 2.42. The molecule has 0 aliphatic carbocycles. The minimum atomic E-state index is 0.387. The highest BCUT2D eigenvalue weighted by Gasteiger charge is 2.17. The van der Waals surface area contributed by atoms with Crippen molar-refractivity contribution in [3.05, 3.63) is 29.2 Å². The smallest absolute Gasteiger partial charge is 0.132 e. The van der Waals surface area contributed by atoms with Crippen LogP contribution < -0.4 is 15.2 Å². The number of ether oxygens (including phenoxy) is 2. The zero-order chi connectivity index (χ0) is 14.0. The molecule has 0 aliphatic rings. The predicted octanol–water partition coefficient (Wildman–Crippen LogP) is 2.17. The lowest BCUT2D eigenvalue weighted by molar-refractivity contribution is 0.395. The average Bonchev–Trinajstić information content (AvgIpc) is 2.78. The van der Waals surface area contributed by atoms with Crippen LogP contribution in [0.5, 0.6) is 11.5 Å². The number of nitrogens with one attached hydrogen (secondary N) is 1. The van der Waals surface area contributed by atoms with Crippen LogP contribution in [0.4, 0.5) is 0 Å². The SMILES string of the molecule is COc1cc(C)c(-c2nc(CN)[nH]c2C)c(OC)c1. The van der Waals surface area contributed by atoms with Crippen LogP contribution in [0.15, 0.2) is 12.1 Å². The fourth-order valence-electron chi connectivity index (χ4n) is 2.17. The number of nitrogens with zero attached hydrogens (tertiary/aromatic N) is 1. The van der Waals surface area contributed by atoms with Gasteiger partial charge in [0.15, 0.2) is 0 Å². The lowest BCUT2D eigenvalue weighted by Crippen LogP contribution is -1.98. The second-order valence-corrected chi connectivity index (χ2v) is 4.38. The number of aromatic nitrogens is 2. The predicted molar refractivity (Wildman–Crippen MR) is 74.5 cm³/mol. The molecular weight excluding hydrogens is 242 g/mol. The van der Waals surface area contributed by atoms with Gasteiger partial charge in [-0.25, -0.2) is 4.98 Å². The maximum Gasteiger partial charge on any atom is 0.132 e. The number of hydrogen-bond donors (Lipinski definition) is 2. The number of H-pyrrole nitrogens is 1. The highest BCUT2D eigenvalue weighted by atomic mass is 16.5. The summed E-state index contributed by atoms with van der Waals surface area (Å²) in [5.74, 6) is 2.28.